The van der Waals surface area contributed by atoms with Gasteiger partial charge in [0.1, 0.15) is 17.1 Å². The summed E-state index contributed by atoms with van der Waals surface area (Å²) in [5.41, 5.74) is 1.56. The first-order valence-corrected chi connectivity index (χ1v) is 8.59. The zero-order valence-corrected chi connectivity index (χ0v) is 15.5. The third-order valence-electron chi connectivity index (χ3n) is 4.17. The number of methoxy groups -OCH3 is 2. The van der Waals surface area contributed by atoms with Crippen LogP contribution in [0.4, 0.5) is 5.69 Å². The zero-order valence-electron chi connectivity index (χ0n) is 15.5. The third-order valence-corrected chi connectivity index (χ3v) is 4.17. The summed E-state index contributed by atoms with van der Waals surface area (Å²) in [6.45, 7) is 0. The number of ether oxygens (including phenoxy) is 2. The molecule has 0 unspecified atom stereocenters. The van der Waals surface area contributed by atoms with Gasteiger partial charge >= 0.3 is 5.97 Å². The van der Waals surface area contributed by atoms with E-state index in [1.807, 2.05) is 0 Å². The molecule has 2 aromatic carbocycles. The molecule has 0 spiro atoms. The van der Waals surface area contributed by atoms with E-state index in [9.17, 15) is 14.4 Å². The first-order valence-electron chi connectivity index (χ1n) is 8.59. The van der Waals surface area contributed by atoms with E-state index < -0.39 is 5.97 Å². The summed E-state index contributed by atoms with van der Waals surface area (Å²) in [7, 11) is 2.81. The molecule has 1 amide bonds. The lowest BCUT2D eigenvalue weighted by molar-refractivity contribution is -0.141. The molecule has 0 atom stereocenters. The van der Waals surface area contributed by atoms with Crippen LogP contribution in [0.2, 0.25) is 0 Å². The summed E-state index contributed by atoms with van der Waals surface area (Å²) in [5, 5.41) is 3.14. The number of hydrogen-bond donors (Lipinski definition) is 1. The molecule has 0 radical (unpaired) electrons. The molecule has 28 heavy (non-hydrogen) atoms. The van der Waals surface area contributed by atoms with E-state index in [-0.39, 0.29) is 24.2 Å². The van der Waals surface area contributed by atoms with Gasteiger partial charge in [-0.3, -0.25) is 14.4 Å². The van der Waals surface area contributed by atoms with Gasteiger partial charge in [0, 0.05) is 23.7 Å². The van der Waals surface area contributed by atoms with E-state index in [1.54, 1.807) is 42.5 Å². The van der Waals surface area contributed by atoms with E-state index in [2.05, 4.69) is 10.1 Å². The predicted molar refractivity (Wildman–Crippen MR) is 104 cm³/mol. The van der Waals surface area contributed by atoms with E-state index >= 15 is 0 Å². The molecule has 1 heterocycles. The second-order valence-electron chi connectivity index (χ2n) is 6.04. The highest BCUT2D eigenvalue weighted by Crippen LogP contribution is 2.25. The molecule has 3 rings (SSSR count). The molecule has 1 N–H and O–H groups in total. The van der Waals surface area contributed by atoms with Crippen LogP contribution in [0.15, 0.2) is 57.7 Å². The Labute approximate surface area is 160 Å². The third kappa shape index (κ3) is 4.37. The molecule has 7 nitrogen and oxygen atoms in total. The van der Waals surface area contributed by atoms with Crippen molar-refractivity contribution in [1.82, 2.24) is 0 Å². The van der Waals surface area contributed by atoms with Gasteiger partial charge in [-0.25, -0.2) is 0 Å². The monoisotopic (exact) mass is 381 g/mol. The van der Waals surface area contributed by atoms with Gasteiger partial charge in [-0.15, -0.1) is 0 Å². The number of amides is 1. The molecule has 144 valence electrons. The molecule has 7 heteroatoms. The minimum atomic E-state index is -0.436. The summed E-state index contributed by atoms with van der Waals surface area (Å²) < 4.78 is 15.5. The van der Waals surface area contributed by atoms with Crippen LogP contribution in [0.1, 0.15) is 12.8 Å². The van der Waals surface area contributed by atoms with E-state index in [0.717, 1.165) is 0 Å². The SMILES string of the molecule is COC(=O)CCC(=O)Nc1ccc(-c2cc(=O)c3cc(OC)ccc3o2)cc1. The molecule has 1 aromatic heterocycles. The molecular weight excluding hydrogens is 362 g/mol. The van der Waals surface area contributed by atoms with Gasteiger partial charge in [0.2, 0.25) is 5.91 Å². The number of hydrogen-bond acceptors (Lipinski definition) is 6. The lowest BCUT2D eigenvalue weighted by Crippen LogP contribution is -2.13. The number of carbonyl (C=O) groups excluding carboxylic acids is 2. The first kappa shape index (κ1) is 19.2. The van der Waals surface area contributed by atoms with Crippen molar-refractivity contribution in [3.8, 4) is 17.1 Å². The Balaban J connectivity index is 1.77. The second-order valence-corrected chi connectivity index (χ2v) is 6.04. The fourth-order valence-corrected chi connectivity index (χ4v) is 2.66. The highest BCUT2D eigenvalue weighted by Gasteiger charge is 2.10. The number of rotatable bonds is 6. The molecule has 0 aliphatic heterocycles. The Bertz CT molecular complexity index is 1070. The zero-order chi connectivity index (χ0) is 20.1. The van der Waals surface area contributed by atoms with Crippen molar-refractivity contribution in [2.45, 2.75) is 12.8 Å². The second kappa shape index (κ2) is 8.39. The number of nitrogens with one attached hydrogen (secondary N) is 1. The van der Waals surface area contributed by atoms with Gasteiger partial charge < -0.3 is 19.2 Å². The van der Waals surface area contributed by atoms with Gasteiger partial charge in [0.15, 0.2) is 5.43 Å². The first-order chi connectivity index (χ1) is 13.5. The number of esters is 1. The minimum absolute atomic E-state index is 0.0213. The van der Waals surface area contributed by atoms with Crippen LogP contribution in [-0.4, -0.2) is 26.1 Å². The summed E-state index contributed by atoms with van der Waals surface area (Å²) >= 11 is 0. The molecule has 0 saturated carbocycles. The van der Waals surface area contributed by atoms with E-state index in [0.29, 0.717) is 33.7 Å². The van der Waals surface area contributed by atoms with E-state index in [1.165, 1.54) is 20.3 Å². The van der Waals surface area contributed by atoms with Crippen molar-refractivity contribution in [1.29, 1.82) is 0 Å². The van der Waals surface area contributed by atoms with Crippen molar-refractivity contribution >= 4 is 28.5 Å². The van der Waals surface area contributed by atoms with Crippen molar-refractivity contribution in [2.24, 2.45) is 0 Å². The number of benzene rings is 2. The molecule has 0 fully saturated rings. The predicted octanol–water partition coefficient (Wildman–Crippen LogP) is 3.36. The smallest absolute Gasteiger partial charge is 0.306 e. The standard InChI is InChI=1S/C21H19NO6/c1-26-15-7-8-18-16(11-15)17(23)12-19(28-18)13-3-5-14(6-4-13)22-20(24)9-10-21(25)27-2/h3-8,11-12H,9-10H2,1-2H3,(H,22,24). The van der Waals surface area contributed by atoms with Crippen LogP contribution in [0, 0.1) is 0 Å². The lowest BCUT2D eigenvalue weighted by Gasteiger charge is -2.07. The van der Waals surface area contributed by atoms with Crippen LogP contribution in [-0.2, 0) is 14.3 Å². The number of fused-ring (bicyclic) bond motifs is 1. The molecular formula is C21H19NO6. The summed E-state index contributed by atoms with van der Waals surface area (Å²) in [6, 6.07) is 13.3. The molecule has 0 aliphatic rings. The Kier molecular flexibility index (Phi) is 5.74. The fraction of sp³-hybridized carbons (Fsp3) is 0.190. The van der Waals surface area contributed by atoms with Gasteiger partial charge in [0.25, 0.3) is 0 Å². The molecule has 3 aromatic rings. The maximum absolute atomic E-state index is 12.4. The van der Waals surface area contributed by atoms with Crippen LogP contribution >= 0.6 is 0 Å². The quantitative estimate of drug-likeness (QED) is 0.658. The Morgan fingerprint density at radius 2 is 1.75 bits per heavy atom. The van der Waals surface area contributed by atoms with Crippen LogP contribution in [0.3, 0.4) is 0 Å². The van der Waals surface area contributed by atoms with Crippen LogP contribution < -0.4 is 15.5 Å². The van der Waals surface area contributed by atoms with Gasteiger partial charge in [0.05, 0.1) is 26.0 Å². The van der Waals surface area contributed by atoms with Gasteiger partial charge in [-0.2, -0.15) is 0 Å². The Hall–Kier alpha value is -3.61. The summed E-state index contributed by atoms with van der Waals surface area (Å²) in [5.74, 6) is 0.282. The summed E-state index contributed by atoms with van der Waals surface area (Å²) in [4.78, 5) is 35.3. The van der Waals surface area contributed by atoms with Crippen LogP contribution in [0.25, 0.3) is 22.3 Å². The van der Waals surface area contributed by atoms with E-state index in [4.69, 9.17) is 9.15 Å². The van der Waals surface area contributed by atoms with Crippen molar-refractivity contribution in [2.75, 3.05) is 19.5 Å². The maximum atomic E-state index is 12.4. The van der Waals surface area contributed by atoms with Gasteiger partial charge in [-0.1, -0.05) is 0 Å². The normalized spacial score (nSPS) is 10.5. The van der Waals surface area contributed by atoms with Crippen LogP contribution in [0.5, 0.6) is 5.75 Å². The van der Waals surface area contributed by atoms with Crippen molar-refractivity contribution < 1.29 is 23.5 Å². The average molecular weight is 381 g/mol. The van der Waals surface area contributed by atoms with Crippen molar-refractivity contribution in [3.63, 3.8) is 0 Å². The highest BCUT2D eigenvalue weighted by molar-refractivity contribution is 5.92. The largest absolute Gasteiger partial charge is 0.497 e. The molecule has 0 aliphatic carbocycles. The highest BCUT2D eigenvalue weighted by atomic mass is 16.5. The lowest BCUT2D eigenvalue weighted by atomic mass is 10.1. The topological polar surface area (TPSA) is 94.8 Å². The minimum Gasteiger partial charge on any atom is -0.497 e. The van der Waals surface area contributed by atoms with Gasteiger partial charge in [-0.05, 0) is 42.5 Å². The Morgan fingerprint density at radius 1 is 1.00 bits per heavy atom. The average Bonchev–Trinajstić information content (AvgIpc) is 2.72. The Morgan fingerprint density at radius 3 is 2.43 bits per heavy atom. The number of anilines is 1. The number of carbonyl (C=O) groups is 2. The summed E-state index contributed by atoms with van der Waals surface area (Å²) in [6.07, 6.45) is 0.0604. The fourth-order valence-electron chi connectivity index (χ4n) is 2.66. The maximum Gasteiger partial charge on any atom is 0.306 e. The molecule has 0 saturated heterocycles. The van der Waals surface area contributed by atoms with Crippen molar-refractivity contribution in [3.05, 3.63) is 58.8 Å². The molecule has 0 bridgehead atoms.